The Kier molecular flexibility index (Phi) is 6.73. The topological polar surface area (TPSA) is 54.0 Å². The lowest BCUT2D eigenvalue weighted by molar-refractivity contribution is -0.0327. The number of nitrogens with zero attached hydrogens (tertiary/aromatic N) is 1. The molecule has 0 aromatic carbocycles. The Bertz CT molecular complexity index is 482. The highest BCUT2D eigenvalue weighted by Crippen LogP contribution is 2.29. The maximum atomic E-state index is 14.0. The van der Waals surface area contributed by atoms with Crippen LogP contribution in [0, 0.1) is 5.82 Å². The van der Waals surface area contributed by atoms with Gasteiger partial charge in [-0.25, -0.2) is 9.37 Å². The summed E-state index contributed by atoms with van der Waals surface area (Å²) in [6.45, 7) is 2.18. The van der Waals surface area contributed by atoms with E-state index in [-0.39, 0.29) is 35.4 Å². The van der Waals surface area contributed by atoms with Gasteiger partial charge in [0.15, 0.2) is 11.6 Å². The number of alkyl halides is 3. The predicted molar refractivity (Wildman–Crippen MR) is 73.8 cm³/mol. The molecule has 0 atom stereocenters. The van der Waals surface area contributed by atoms with E-state index in [0.717, 1.165) is 6.42 Å². The first-order valence-electron chi connectivity index (χ1n) is 6.22. The van der Waals surface area contributed by atoms with Crippen LogP contribution in [0.2, 0.25) is 0 Å². The molecule has 0 aliphatic heterocycles. The van der Waals surface area contributed by atoms with E-state index in [2.05, 4.69) is 15.6 Å². The number of rotatable bonds is 7. The molecule has 0 bridgehead atoms. The molecule has 0 aliphatic carbocycles. The van der Waals surface area contributed by atoms with Gasteiger partial charge in [-0.2, -0.15) is 13.2 Å². The molecule has 1 amide bonds. The average molecular weight is 325 g/mol. The van der Waals surface area contributed by atoms with Crippen molar-refractivity contribution in [3.63, 3.8) is 0 Å². The maximum absolute atomic E-state index is 14.0. The number of hydrogen-bond donors (Lipinski definition) is 2. The molecule has 1 heterocycles. The molecule has 1 rings (SSSR count). The Morgan fingerprint density at radius 1 is 1.38 bits per heavy atom. The van der Waals surface area contributed by atoms with Crippen LogP contribution in [-0.2, 0) is 0 Å². The van der Waals surface area contributed by atoms with Gasteiger partial charge in [0.1, 0.15) is 0 Å². The lowest BCUT2D eigenvalue weighted by Crippen LogP contribution is -2.27. The van der Waals surface area contributed by atoms with Gasteiger partial charge in [0.2, 0.25) is 0 Å². The fraction of sp³-hybridized carbons (Fsp3) is 0.500. The molecule has 0 saturated heterocycles. The van der Waals surface area contributed by atoms with Crippen molar-refractivity contribution < 1.29 is 22.4 Å². The van der Waals surface area contributed by atoms with Gasteiger partial charge in [0.05, 0.1) is 5.56 Å². The van der Waals surface area contributed by atoms with Crippen LogP contribution in [-0.4, -0.2) is 35.2 Å². The summed E-state index contributed by atoms with van der Waals surface area (Å²) in [5, 5.41) is 4.97. The third-order valence-electron chi connectivity index (χ3n) is 2.33. The van der Waals surface area contributed by atoms with Crippen molar-refractivity contribution in [2.24, 2.45) is 0 Å². The Balaban J connectivity index is 2.58. The highest BCUT2D eigenvalue weighted by molar-refractivity contribution is 8.00. The van der Waals surface area contributed by atoms with Gasteiger partial charge in [-0.15, -0.1) is 0 Å². The number of thioether (sulfide) groups is 1. The second kappa shape index (κ2) is 8.06. The number of pyridine rings is 1. The Hall–Kier alpha value is -1.51. The smallest absolute Gasteiger partial charge is 0.368 e. The van der Waals surface area contributed by atoms with Gasteiger partial charge in [0, 0.05) is 25.0 Å². The number of hydrogen-bond acceptors (Lipinski definition) is 4. The number of aromatic nitrogens is 1. The average Bonchev–Trinajstić information content (AvgIpc) is 2.41. The van der Waals surface area contributed by atoms with Crippen molar-refractivity contribution in [2.45, 2.75) is 18.9 Å². The minimum absolute atomic E-state index is 0.0471. The highest BCUT2D eigenvalue weighted by Gasteiger charge is 2.27. The molecule has 0 unspecified atom stereocenters. The van der Waals surface area contributed by atoms with Crippen molar-refractivity contribution in [1.29, 1.82) is 0 Å². The summed E-state index contributed by atoms with van der Waals surface area (Å²) in [5.74, 6) is -1.96. The van der Waals surface area contributed by atoms with Gasteiger partial charge in [-0.05, 0) is 24.2 Å². The van der Waals surface area contributed by atoms with Crippen molar-refractivity contribution in [3.8, 4) is 0 Å². The minimum atomic E-state index is -4.34. The van der Waals surface area contributed by atoms with E-state index in [1.54, 1.807) is 0 Å². The molecule has 0 spiro atoms. The Morgan fingerprint density at radius 3 is 2.71 bits per heavy atom. The van der Waals surface area contributed by atoms with E-state index < -0.39 is 17.2 Å². The summed E-state index contributed by atoms with van der Waals surface area (Å²) in [4.78, 5) is 15.5. The van der Waals surface area contributed by atoms with E-state index in [4.69, 9.17) is 0 Å². The van der Waals surface area contributed by atoms with Gasteiger partial charge >= 0.3 is 5.51 Å². The van der Waals surface area contributed by atoms with E-state index in [0.29, 0.717) is 6.54 Å². The SMILES string of the molecule is CCCNc1nccc(C(=O)NCCSC(F)(F)F)c1F. The maximum Gasteiger partial charge on any atom is 0.441 e. The first kappa shape index (κ1) is 17.5. The first-order valence-corrected chi connectivity index (χ1v) is 7.21. The molecule has 21 heavy (non-hydrogen) atoms. The summed E-state index contributed by atoms with van der Waals surface area (Å²) in [6, 6.07) is 1.18. The van der Waals surface area contributed by atoms with E-state index in [9.17, 15) is 22.4 Å². The van der Waals surface area contributed by atoms with Gasteiger partial charge in [0.25, 0.3) is 5.91 Å². The zero-order valence-electron chi connectivity index (χ0n) is 11.3. The molecular formula is C12H15F4N3OS. The zero-order chi connectivity index (χ0) is 15.9. The molecule has 0 fully saturated rings. The van der Waals surface area contributed by atoms with Crippen LogP contribution in [0.3, 0.4) is 0 Å². The zero-order valence-corrected chi connectivity index (χ0v) is 12.1. The lowest BCUT2D eigenvalue weighted by Gasteiger charge is -2.10. The van der Waals surface area contributed by atoms with Crippen LogP contribution in [0.15, 0.2) is 12.3 Å². The quantitative estimate of drug-likeness (QED) is 0.598. The molecule has 9 heteroatoms. The number of anilines is 1. The van der Waals surface area contributed by atoms with Crippen LogP contribution in [0.5, 0.6) is 0 Å². The highest BCUT2D eigenvalue weighted by atomic mass is 32.2. The van der Waals surface area contributed by atoms with Gasteiger partial charge < -0.3 is 10.6 Å². The van der Waals surface area contributed by atoms with Crippen LogP contribution in [0.25, 0.3) is 0 Å². The predicted octanol–water partition coefficient (Wildman–Crippen LogP) is 3.03. The van der Waals surface area contributed by atoms with Crippen molar-refractivity contribution in [2.75, 3.05) is 24.2 Å². The monoisotopic (exact) mass is 325 g/mol. The number of halogens is 4. The number of carbonyl (C=O) groups excluding carboxylic acids is 1. The van der Waals surface area contributed by atoms with Crippen molar-refractivity contribution in [1.82, 2.24) is 10.3 Å². The fourth-order valence-electron chi connectivity index (χ4n) is 1.41. The molecular weight excluding hydrogens is 310 g/mol. The minimum Gasteiger partial charge on any atom is -0.368 e. The summed E-state index contributed by atoms with van der Waals surface area (Å²) in [5.41, 5.74) is -4.59. The number of nitrogens with one attached hydrogen (secondary N) is 2. The number of amides is 1. The molecule has 118 valence electrons. The third-order valence-corrected chi connectivity index (χ3v) is 3.07. The molecule has 1 aromatic heterocycles. The molecule has 2 N–H and O–H groups in total. The van der Waals surface area contributed by atoms with Crippen LogP contribution < -0.4 is 10.6 Å². The first-order chi connectivity index (χ1) is 9.85. The fourth-order valence-corrected chi connectivity index (χ4v) is 1.85. The van der Waals surface area contributed by atoms with E-state index in [1.807, 2.05) is 6.92 Å². The molecule has 0 aliphatic rings. The van der Waals surface area contributed by atoms with Crippen LogP contribution in [0.1, 0.15) is 23.7 Å². The summed E-state index contributed by atoms with van der Waals surface area (Å²) in [6.07, 6.45) is 2.02. The molecule has 1 aromatic rings. The van der Waals surface area contributed by atoms with Crippen molar-refractivity contribution in [3.05, 3.63) is 23.6 Å². The Morgan fingerprint density at radius 2 is 2.10 bits per heavy atom. The van der Waals surface area contributed by atoms with Gasteiger partial charge in [-0.1, -0.05) is 6.92 Å². The number of carbonyl (C=O) groups is 1. The third kappa shape index (κ3) is 6.19. The van der Waals surface area contributed by atoms with Crippen LogP contribution in [0.4, 0.5) is 23.4 Å². The normalized spacial score (nSPS) is 11.3. The van der Waals surface area contributed by atoms with E-state index >= 15 is 0 Å². The van der Waals surface area contributed by atoms with Crippen LogP contribution >= 0.6 is 11.8 Å². The second-order valence-electron chi connectivity index (χ2n) is 4.00. The standard InChI is InChI=1S/C12H15F4N3OS/c1-2-4-17-10-9(13)8(3-5-18-10)11(20)19-6-7-21-12(14,15)16/h3,5H,2,4,6-7H2,1H3,(H,17,18)(H,19,20). The Labute approximate surface area is 123 Å². The van der Waals surface area contributed by atoms with Gasteiger partial charge in [-0.3, -0.25) is 4.79 Å². The summed E-state index contributed by atoms with van der Waals surface area (Å²) < 4.78 is 49.7. The lowest BCUT2D eigenvalue weighted by atomic mass is 10.2. The summed E-state index contributed by atoms with van der Waals surface area (Å²) in [7, 11) is 0. The molecule has 0 saturated carbocycles. The molecule has 0 radical (unpaired) electrons. The van der Waals surface area contributed by atoms with Crippen molar-refractivity contribution >= 4 is 23.5 Å². The largest absolute Gasteiger partial charge is 0.441 e. The molecule has 4 nitrogen and oxygen atoms in total. The second-order valence-corrected chi connectivity index (χ2v) is 5.16. The summed E-state index contributed by atoms with van der Waals surface area (Å²) >= 11 is -0.244. The van der Waals surface area contributed by atoms with E-state index in [1.165, 1.54) is 12.3 Å².